The average Bonchev–Trinajstić information content (AvgIpc) is 3.23. The molecule has 2 unspecified atom stereocenters. The third-order valence-electron chi connectivity index (χ3n) is 5.76. The molecule has 0 saturated carbocycles. The fourth-order valence-electron chi connectivity index (χ4n) is 4.36. The van der Waals surface area contributed by atoms with Crippen LogP contribution in [0.4, 0.5) is 10.6 Å². The zero-order valence-corrected chi connectivity index (χ0v) is 18.2. The van der Waals surface area contributed by atoms with E-state index in [1.165, 1.54) is 16.0 Å². The lowest BCUT2D eigenvalue weighted by Crippen LogP contribution is -2.58. The average molecular weight is 448 g/mol. The second-order valence-corrected chi connectivity index (χ2v) is 9.12. The van der Waals surface area contributed by atoms with Gasteiger partial charge in [-0.25, -0.2) is 4.79 Å². The second-order valence-electron chi connectivity index (χ2n) is 8.24. The smallest absolute Gasteiger partial charge is 0.415 e. The van der Waals surface area contributed by atoms with E-state index < -0.39 is 16.6 Å². The standard InChI is InChI=1S/C20H25N5O5S/c1-20(13-23-11-17(25(28)29)21-18(23)30-20)12-22-7-8-24(19(26)27)15(10-22)9-14-3-5-16(31-2)6-4-14/h3-6,11,15H,7-10,12-13H2,1-2H3,(H,26,27). The van der Waals surface area contributed by atoms with Crippen molar-refractivity contribution >= 4 is 23.7 Å². The SMILES string of the molecule is CSc1ccc(CC2CN(CC3(C)Cn4cc([N+](=O)[O-])nc4O3)CCN2C(=O)O)cc1. The molecule has 2 aliphatic heterocycles. The summed E-state index contributed by atoms with van der Waals surface area (Å²) in [6, 6.07) is 8.31. The van der Waals surface area contributed by atoms with Crippen molar-refractivity contribution in [1.82, 2.24) is 19.4 Å². The second kappa shape index (κ2) is 8.39. The first kappa shape index (κ1) is 21.4. The molecule has 4 rings (SSSR count). The van der Waals surface area contributed by atoms with Crippen LogP contribution in [0.5, 0.6) is 6.01 Å². The minimum atomic E-state index is -0.902. The van der Waals surface area contributed by atoms with Gasteiger partial charge in [0.2, 0.25) is 0 Å². The van der Waals surface area contributed by atoms with E-state index in [1.807, 2.05) is 13.2 Å². The van der Waals surface area contributed by atoms with Gasteiger partial charge in [-0.2, -0.15) is 0 Å². The van der Waals surface area contributed by atoms with Crippen LogP contribution in [0.3, 0.4) is 0 Å². The summed E-state index contributed by atoms with van der Waals surface area (Å²) < 4.78 is 7.62. The minimum absolute atomic E-state index is 0.158. The van der Waals surface area contributed by atoms with Crippen LogP contribution in [-0.2, 0) is 13.0 Å². The molecular formula is C20H25N5O5S. The lowest BCUT2D eigenvalue weighted by Gasteiger charge is -2.42. The van der Waals surface area contributed by atoms with Crippen molar-refractivity contribution in [2.75, 3.05) is 32.4 Å². The van der Waals surface area contributed by atoms with E-state index >= 15 is 0 Å². The molecule has 1 fully saturated rings. The highest BCUT2D eigenvalue weighted by Crippen LogP contribution is 2.32. The monoisotopic (exact) mass is 447 g/mol. The summed E-state index contributed by atoms with van der Waals surface area (Å²) in [6.07, 6.45) is 3.16. The largest absolute Gasteiger partial charge is 0.465 e. The number of nitro groups is 1. The van der Waals surface area contributed by atoms with Gasteiger partial charge in [-0.15, -0.1) is 11.8 Å². The summed E-state index contributed by atoms with van der Waals surface area (Å²) in [4.78, 5) is 31.0. The summed E-state index contributed by atoms with van der Waals surface area (Å²) in [5, 5.41) is 20.6. The molecule has 31 heavy (non-hydrogen) atoms. The Labute approximate surface area is 183 Å². The molecule has 1 N–H and O–H groups in total. The van der Waals surface area contributed by atoms with Crippen LogP contribution in [0.2, 0.25) is 0 Å². The number of hydrogen-bond acceptors (Lipinski definition) is 7. The highest BCUT2D eigenvalue weighted by atomic mass is 32.2. The predicted molar refractivity (Wildman–Crippen MR) is 115 cm³/mol. The van der Waals surface area contributed by atoms with Gasteiger partial charge in [-0.1, -0.05) is 12.1 Å². The topological polar surface area (TPSA) is 114 Å². The number of fused-ring (bicyclic) bond motifs is 1. The molecule has 10 nitrogen and oxygen atoms in total. The molecular weight excluding hydrogens is 422 g/mol. The molecule has 11 heteroatoms. The van der Waals surface area contributed by atoms with E-state index in [2.05, 4.69) is 34.1 Å². The van der Waals surface area contributed by atoms with Crippen LogP contribution < -0.4 is 4.74 Å². The van der Waals surface area contributed by atoms with Crippen LogP contribution in [0, 0.1) is 10.1 Å². The van der Waals surface area contributed by atoms with Crippen molar-refractivity contribution in [1.29, 1.82) is 0 Å². The number of carbonyl (C=O) groups is 1. The number of aromatic nitrogens is 2. The third-order valence-corrected chi connectivity index (χ3v) is 6.50. The predicted octanol–water partition coefficient (Wildman–Crippen LogP) is 2.57. The minimum Gasteiger partial charge on any atom is -0.465 e. The zero-order chi connectivity index (χ0) is 22.2. The van der Waals surface area contributed by atoms with Crippen molar-refractivity contribution in [2.24, 2.45) is 0 Å². The molecule has 1 amide bonds. The Balaban J connectivity index is 1.42. The lowest BCUT2D eigenvalue weighted by molar-refractivity contribution is -0.389. The number of amides is 1. The van der Waals surface area contributed by atoms with E-state index in [-0.39, 0.29) is 17.9 Å². The van der Waals surface area contributed by atoms with Crippen LogP contribution in [0.1, 0.15) is 12.5 Å². The number of rotatable bonds is 6. The van der Waals surface area contributed by atoms with E-state index in [1.54, 1.807) is 16.3 Å². The van der Waals surface area contributed by atoms with Gasteiger partial charge in [0.1, 0.15) is 11.8 Å². The normalized spacial score (nSPS) is 23.4. The van der Waals surface area contributed by atoms with Crippen molar-refractivity contribution in [3.63, 3.8) is 0 Å². The maximum absolute atomic E-state index is 11.8. The molecule has 0 spiro atoms. The lowest BCUT2D eigenvalue weighted by atomic mass is 10.0. The van der Waals surface area contributed by atoms with Crippen molar-refractivity contribution in [3.8, 4) is 6.01 Å². The van der Waals surface area contributed by atoms with Gasteiger partial charge in [0.05, 0.1) is 12.6 Å². The molecule has 0 aliphatic carbocycles. The highest BCUT2D eigenvalue weighted by Gasteiger charge is 2.43. The maximum Gasteiger partial charge on any atom is 0.415 e. The van der Waals surface area contributed by atoms with Crippen LogP contribution in [-0.4, -0.2) is 79.6 Å². The summed E-state index contributed by atoms with van der Waals surface area (Å²) >= 11 is 1.67. The van der Waals surface area contributed by atoms with Crippen LogP contribution >= 0.6 is 11.8 Å². The highest BCUT2D eigenvalue weighted by molar-refractivity contribution is 7.98. The van der Waals surface area contributed by atoms with Gasteiger partial charge < -0.3 is 24.9 Å². The first-order chi connectivity index (χ1) is 14.8. The molecule has 0 bridgehead atoms. The summed E-state index contributed by atoms with van der Waals surface area (Å²) in [5.41, 5.74) is 0.527. The molecule has 2 atom stereocenters. The van der Waals surface area contributed by atoms with E-state index in [9.17, 15) is 20.0 Å². The Kier molecular flexibility index (Phi) is 5.80. The molecule has 1 aromatic carbocycles. The Bertz CT molecular complexity index is 955. The fourth-order valence-corrected chi connectivity index (χ4v) is 4.77. The first-order valence-corrected chi connectivity index (χ1v) is 11.2. The number of thioether (sulfide) groups is 1. The Morgan fingerprint density at radius 3 is 2.74 bits per heavy atom. The molecule has 1 aromatic heterocycles. The van der Waals surface area contributed by atoms with E-state index in [4.69, 9.17) is 4.74 Å². The molecule has 1 saturated heterocycles. The Hall–Kier alpha value is -2.79. The zero-order valence-electron chi connectivity index (χ0n) is 17.4. The molecule has 166 valence electrons. The van der Waals surface area contributed by atoms with Crippen LogP contribution in [0.25, 0.3) is 0 Å². The molecule has 0 radical (unpaired) electrons. The van der Waals surface area contributed by atoms with Gasteiger partial charge in [-0.05, 0) is 42.2 Å². The van der Waals surface area contributed by atoms with Gasteiger partial charge >= 0.3 is 17.9 Å². The van der Waals surface area contributed by atoms with Crippen molar-refractivity contribution < 1.29 is 19.6 Å². The maximum atomic E-state index is 11.8. The number of carboxylic acid groups (broad SMARTS) is 1. The van der Waals surface area contributed by atoms with Gasteiger partial charge in [0.25, 0.3) is 0 Å². The van der Waals surface area contributed by atoms with Gasteiger partial charge in [0.15, 0.2) is 0 Å². The number of benzene rings is 1. The fraction of sp³-hybridized carbons (Fsp3) is 0.500. The third kappa shape index (κ3) is 4.62. The van der Waals surface area contributed by atoms with E-state index in [0.717, 1.165) is 5.56 Å². The summed E-state index contributed by atoms with van der Waals surface area (Å²) in [6.45, 7) is 4.62. The summed E-state index contributed by atoms with van der Waals surface area (Å²) in [7, 11) is 0. The van der Waals surface area contributed by atoms with E-state index in [0.29, 0.717) is 39.1 Å². The first-order valence-electron chi connectivity index (χ1n) is 10.0. The number of ether oxygens (including phenoxy) is 1. The number of nitrogens with zero attached hydrogens (tertiary/aromatic N) is 5. The van der Waals surface area contributed by atoms with Gasteiger partial charge in [0, 0.05) is 36.1 Å². The number of hydrogen-bond donors (Lipinski definition) is 1. The van der Waals surface area contributed by atoms with Crippen molar-refractivity contribution in [3.05, 3.63) is 46.1 Å². The summed E-state index contributed by atoms with van der Waals surface area (Å²) in [5.74, 6) is -0.223. The Morgan fingerprint density at radius 2 is 2.13 bits per heavy atom. The number of imidazole rings is 1. The quantitative estimate of drug-likeness (QED) is 0.408. The van der Waals surface area contributed by atoms with Crippen molar-refractivity contribution in [2.45, 2.75) is 36.4 Å². The number of piperazine rings is 1. The Morgan fingerprint density at radius 1 is 1.39 bits per heavy atom. The van der Waals surface area contributed by atoms with Crippen LogP contribution in [0.15, 0.2) is 35.4 Å². The molecule has 3 heterocycles. The molecule has 2 aliphatic rings. The van der Waals surface area contributed by atoms with Gasteiger partial charge in [-0.3, -0.25) is 9.47 Å². The molecule has 2 aromatic rings.